The summed E-state index contributed by atoms with van der Waals surface area (Å²) in [6.45, 7) is 2.14. The second-order valence-electron chi connectivity index (χ2n) is 8.15. The summed E-state index contributed by atoms with van der Waals surface area (Å²) in [5, 5.41) is 0. The quantitative estimate of drug-likeness (QED) is 0.488. The summed E-state index contributed by atoms with van der Waals surface area (Å²) >= 11 is 0. The van der Waals surface area contributed by atoms with Gasteiger partial charge in [-0.1, -0.05) is 60.7 Å². The molecule has 152 valence electrons. The van der Waals surface area contributed by atoms with Crippen LogP contribution < -0.4 is 0 Å². The largest absolute Gasteiger partial charge is 0.362 e. The second-order valence-corrected chi connectivity index (χ2v) is 8.15. The van der Waals surface area contributed by atoms with Gasteiger partial charge in [0, 0.05) is 13.1 Å². The molecule has 3 aromatic carbocycles. The zero-order valence-corrected chi connectivity index (χ0v) is 17.3. The number of hydrogen-bond acceptors (Lipinski definition) is 3. The van der Waals surface area contributed by atoms with E-state index in [-0.39, 0.29) is 12.2 Å². The zero-order chi connectivity index (χ0) is 20.3. The van der Waals surface area contributed by atoms with E-state index in [9.17, 15) is 0 Å². The lowest BCUT2D eigenvalue weighted by atomic mass is 9.99. The third-order valence-corrected chi connectivity index (χ3v) is 5.95. The molecule has 0 aliphatic carbocycles. The van der Waals surface area contributed by atoms with Gasteiger partial charge in [-0.05, 0) is 54.8 Å². The van der Waals surface area contributed by atoms with Crippen molar-refractivity contribution >= 4 is 11.0 Å². The lowest BCUT2D eigenvalue weighted by Crippen LogP contribution is -2.35. The van der Waals surface area contributed by atoms with Crippen molar-refractivity contribution in [2.24, 2.45) is 0 Å². The smallest absolute Gasteiger partial charge is 0.141 e. The fourth-order valence-electron chi connectivity index (χ4n) is 4.22. The Bertz CT molecular complexity index is 1080. The molecule has 1 unspecified atom stereocenters. The van der Waals surface area contributed by atoms with Crippen molar-refractivity contribution < 1.29 is 4.74 Å². The van der Waals surface area contributed by atoms with Crippen LogP contribution in [-0.4, -0.2) is 41.1 Å². The first-order chi connectivity index (χ1) is 14.8. The van der Waals surface area contributed by atoms with Gasteiger partial charge in [-0.3, -0.25) is 0 Å². The van der Waals surface area contributed by atoms with Crippen molar-refractivity contribution in [2.75, 3.05) is 20.1 Å². The number of rotatable bonds is 5. The van der Waals surface area contributed by atoms with Gasteiger partial charge >= 0.3 is 0 Å². The number of ether oxygens (including phenoxy) is 1. The number of imidazole rings is 1. The minimum atomic E-state index is -0.213. The molecule has 1 fully saturated rings. The van der Waals surface area contributed by atoms with Crippen molar-refractivity contribution in [2.45, 2.75) is 25.0 Å². The Hall–Kier alpha value is -2.95. The van der Waals surface area contributed by atoms with E-state index in [0.717, 1.165) is 48.4 Å². The molecule has 0 amide bonds. The third kappa shape index (κ3) is 4.02. The van der Waals surface area contributed by atoms with Crippen LogP contribution in [0.25, 0.3) is 22.2 Å². The maximum absolute atomic E-state index is 6.71. The lowest BCUT2D eigenvalue weighted by Gasteiger charge is -2.31. The minimum absolute atomic E-state index is 0.213. The number of fused-ring (bicyclic) bond motifs is 1. The molecular weight excluding hydrogens is 370 g/mol. The highest BCUT2D eigenvalue weighted by molar-refractivity contribution is 5.75. The van der Waals surface area contributed by atoms with Gasteiger partial charge in [0.2, 0.25) is 0 Å². The Morgan fingerprint density at radius 3 is 2.43 bits per heavy atom. The first kappa shape index (κ1) is 19.0. The molecule has 2 heterocycles. The van der Waals surface area contributed by atoms with E-state index in [1.807, 2.05) is 24.3 Å². The van der Waals surface area contributed by atoms with E-state index in [1.54, 1.807) is 0 Å². The average Bonchev–Trinajstić information content (AvgIpc) is 3.23. The summed E-state index contributed by atoms with van der Waals surface area (Å²) in [7, 11) is 2.18. The van der Waals surface area contributed by atoms with Crippen LogP contribution in [0.3, 0.4) is 0 Å². The molecule has 1 aliphatic heterocycles. The molecule has 1 saturated heterocycles. The first-order valence-electron chi connectivity index (χ1n) is 10.7. The molecule has 0 bridgehead atoms. The molecule has 1 aliphatic rings. The van der Waals surface area contributed by atoms with Crippen LogP contribution >= 0.6 is 0 Å². The summed E-state index contributed by atoms with van der Waals surface area (Å²) in [5.41, 5.74) is 5.56. The fourth-order valence-corrected chi connectivity index (χ4v) is 4.22. The van der Waals surface area contributed by atoms with E-state index < -0.39 is 0 Å². The Labute approximate surface area is 177 Å². The SMILES string of the molecule is CN1CCC(OC(c2cccc(-c3ccccc3)c2)c2nc3ccccc3[nH]2)CC1. The standard InChI is InChI=1S/C26H27N3O/c1-29-16-14-22(15-17-29)30-25(26-27-23-12-5-6-13-24(23)28-26)21-11-7-10-20(18-21)19-8-3-2-4-9-19/h2-13,18,22,25H,14-17H2,1H3,(H,27,28). The summed E-state index contributed by atoms with van der Waals surface area (Å²) in [6.07, 6.45) is 2.12. The maximum Gasteiger partial charge on any atom is 0.141 e. The number of likely N-dealkylation sites (tertiary alicyclic amines) is 1. The van der Waals surface area contributed by atoms with Crippen molar-refractivity contribution in [3.63, 3.8) is 0 Å². The highest BCUT2D eigenvalue weighted by Gasteiger charge is 2.26. The van der Waals surface area contributed by atoms with Crippen molar-refractivity contribution in [1.82, 2.24) is 14.9 Å². The number of nitrogens with zero attached hydrogens (tertiary/aromatic N) is 2. The summed E-state index contributed by atoms with van der Waals surface area (Å²) in [4.78, 5) is 10.8. The Morgan fingerprint density at radius 2 is 1.63 bits per heavy atom. The molecule has 1 N–H and O–H groups in total. The van der Waals surface area contributed by atoms with Gasteiger partial charge in [0.05, 0.1) is 17.1 Å². The fraction of sp³-hybridized carbons (Fsp3) is 0.269. The zero-order valence-electron chi connectivity index (χ0n) is 17.3. The molecule has 0 spiro atoms. The Kier molecular flexibility index (Phi) is 5.35. The molecule has 4 nitrogen and oxygen atoms in total. The van der Waals surface area contributed by atoms with Gasteiger partial charge in [-0.2, -0.15) is 0 Å². The van der Waals surface area contributed by atoms with Crippen molar-refractivity contribution in [1.29, 1.82) is 0 Å². The van der Waals surface area contributed by atoms with Crippen LogP contribution in [0.4, 0.5) is 0 Å². The highest BCUT2D eigenvalue weighted by atomic mass is 16.5. The number of para-hydroxylation sites is 2. The Balaban J connectivity index is 1.52. The van der Waals surface area contributed by atoms with Gasteiger partial charge in [0.15, 0.2) is 0 Å². The number of aromatic nitrogens is 2. The van der Waals surface area contributed by atoms with Crippen LogP contribution in [0.5, 0.6) is 0 Å². The van der Waals surface area contributed by atoms with Crippen LogP contribution in [0.1, 0.15) is 30.3 Å². The van der Waals surface area contributed by atoms with Crippen LogP contribution in [0.2, 0.25) is 0 Å². The molecule has 0 saturated carbocycles. The van der Waals surface area contributed by atoms with E-state index in [0.29, 0.717) is 0 Å². The summed E-state index contributed by atoms with van der Waals surface area (Å²) in [5.74, 6) is 0.875. The van der Waals surface area contributed by atoms with Crippen LogP contribution in [-0.2, 0) is 4.74 Å². The highest BCUT2D eigenvalue weighted by Crippen LogP contribution is 2.32. The predicted molar refractivity (Wildman–Crippen MR) is 121 cm³/mol. The molecular formula is C26H27N3O. The lowest BCUT2D eigenvalue weighted by molar-refractivity contribution is -0.0264. The summed E-state index contributed by atoms with van der Waals surface area (Å²) < 4.78 is 6.71. The van der Waals surface area contributed by atoms with Gasteiger partial charge in [0.1, 0.15) is 11.9 Å². The second kappa shape index (κ2) is 8.42. The maximum atomic E-state index is 6.71. The van der Waals surface area contributed by atoms with Crippen molar-refractivity contribution in [3.8, 4) is 11.1 Å². The average molecular weight is 398 g/mol. The van der Waals surface area contributed by atoms with E-state index in [2.05, 4.69) is 71.5 Å². The number of nitrogens with one attached hydrogen (secondary N) is 1. The van der Waals surface area contributed by atoms with Gasteiger partial charge < -0.3 is 14.6 Å². The van der Waals surface area contributed by atoms with E-state index in [1.165, 1.54) is 11.1 Å². The van der Waals surface area contributed by atoms with Crippen molar-refractivity contribution in [3.05, 3.63) is 90.3 Å². The molecule has 30 heavy (non-hydrogen) atoms. The minimum Gasteiger partial charge on any atom is -0.362 e. The normalized spacial score (nSPS) is 16.7. The van der Waals surface area contributed by atoms with Gasteiger partial charge in [-0.15, -0.1) is 0 Å². The van der Waals surface area contributed by atoms with E-state index in [4.69, 9.17) is 9.72 Å². The number of hydrogen-bond donors (Lipinski definition) is 1. The summed E-state index contributed by atoms with van der Waals surface area (Å²) in [6, 6.07) is 27.3. The van der Waals surface area contributed by atoms with Gasteiger partial charge in [-0.25, -0.2) is 4.98 Å². The van der Waals surface area contributed by atoms with Crippen LogP contribution in [0.15, 0.2) is 78.9 Å². The molecule has 4 heteroatoms. The number of benzene rings is 3. The van der Waals surface area contributed by atoms with E-state index >= 15 is 0 Å². The molecule has 5 rings (SSSR count). The first-order valence-corrected chi connectivity index (χ1v) is 10.7. The number of H-pyrrole nitrogens is 1. The molecule has 1 atom stereocenters. The topological polar surface area (TPSA) is 41.1 Å². The number of aromatic amines is 1. The van der Waals surface area contributed by atoms with Crippen LogP contribution in [0, 0.1) is 0 Å². The molecule has 1 aromatic heterocycles. The van der Waals surface area contributed by atoms with Gasteiger partial charge in [0.25, 0.3) is 0 Å². The predicted octanol–water partition coefficient (Wildman–Crippen LogP) is 5.43. The Morgan fingerprint density at radius 1 is 0.900 bits per heavy atom. The molecule has 0 radical (unpaired) electrons. The monoisotopic (exact) mass is 397 g/mol. The molecule has 4 aromatic rings. The third-order valence-electron chi connectivity index (χ3n) is 5.95. The number of piperidine rings is 1.